The molecule has 2 heteroatoms. The molecular formula is C9H18IN. The van der Waals surface area contributed by atoms with Crippen LogP contribution in [0.4, 0.5) is 0 Å². The van der Waals surface area contributed by atoms with E-state index in [1.54, 1.807) is 0 Å². The normalized spacial score (nSPS) is 34.1. The van der Waals surface area contributed by atoms with Gasteiger partial charge in [-0.3, -0.25) is 4.90 Å². The Kier molecular flexibility index (Phi) is 4.13. The van der Waals surface area contributed by atoms with Crippen LogP contribution in [0.1, 0.15) is 33.1 Å². The van der Waals surface area contributed by atoms with E-state index in [1.807, 2.05) is 0 Å². The first kappa shape index (κ1) is 9.78. The lowest BCUT2D eigenvalue weighted by atomic mass is 9.98. The molecule has 1 heterocycles. The molecule has 0 unspecified atom stereocenters. The quantitative estimate of drug-likeness (QED) is 0.549. The minimum absolute atomic E-state index is 0.827. The maximum absolute atomic E-state index is 2.65. The summed E-state index contributed by atoms with van der Waals surface area (Å²) in [7, 11) is 0. The van der Waals surface area contributed by atoms with Crippen molar-refractivity contribution >= 4 is 22.6 Å². The third kappa shape index (κ3) is 2.58. The molecule has 0 aromatic heterocycles. The second-order valence-electron chi connectivity index (χ2n) is 3.56. The van der Waals surface area contributed by atoms with Gasteiger partial charge in [0.05, 0.1) is 0 Å². The van der Waals surface area contributed by atoms with Gasteiger partial charge in [-0.25, -0.2) is 0 Å². The Balaban J connectivity index is 2.41. The van der Waals surface area contributed by atoms with Crippen LogP contribution in [0.5, 0.6) is 0 Å². The third-order valence-corrected chi connectivity index (χ3v) is 3.20. The molecule has 0 aromatic rings. The van der Waals surface area contributed by atoms with Crippen LogP contribution >= 0.6 is 22.6 Å². The molecule has 66 valence electrons. The van der Waals surface area contributed by atoms with Crippen molar-refractivity contribution in [2.24, 2.45) is 0 Å². The van der Waals surface area contributed by atoms with Crippen LogP contribution < -0.4 is 0 Å². The molecule has 0 bridgehead atoms. The first-order chi connectivity index (χ1) is 5.25. The van der Waals surface area contributed by atoms with Gasteiger partial charge in [0.1, 0.15) is 0 Å². The van der Waals surface area contributed by atoms with Gasteiger partial charge in [0.15, 0.2) is 0 Å². The van der Waals surface area contributed by atoms with Gasteiger partial charge in [0.25, 0.3) is 0 Å². The Morgan fingerprint density at radius 3 is 2.27 bits per heavy atom. The Morgan fingerprint density at radius 1 is 1.27 bits per heavy atom. The fourth-order valence-corrected chi connectivity index (χ4v) is 2.57. The number of piperidine rings is 1. The van der Waals surface area contributed by atoms with Crippen molar-refractivity contribution in [1.82, 2.24) is 4.90 Å². The topological polar surface area (TPSA) is 3.24 Å². The fourth-order valence-electron chi connectivity index (χ4n) is 2.01. The summed E-state index contributed by atoms with van der Waals surface area (Å²) >= 11 is 2.47. The van der Waals surface area contributed by atoms with Crippen molar-refractivity contribution in [2.45, 2.75) is 45.2 Å². The maximum Gasteiger partial charge on any atom is 0.0124 e. The summed E-state index contributed by atoms with van der Waals surface area (Å²) in [5, 5.41) is 0. The maximum atomic E-state index is 2.65. The van der Waals surface area contributed by atoms with Crippen molar-refractivity contribution in [3.05, 3.63) is 0 Å². The van der Waals surface area contributed by atoms with Gasteiger partial charge in [0.2, 0.25) is 0 Å². The lowest BCUT2D eigenvalue weighted by Crippen LogP contribution is -2.44. The van der Waals surface area contributed by atoms with Crippen LogP contribution in [-0.2, 0) is 0 Å². The summed E-state index contributed by atoms with van der Waals surface area (Å²) < 4.78 is 1.27. The summed E-state index contributed by atoms with van der Waals surface area (Å²) in [5.74, 6) is 0. The number of nitrogens with zero attached hydrogens (tertiary/aromatic N) is 1. The van der Waals surface area contributed by atoms with E-state index in [9.17, 15) is 0 Å². The lowest BCUT2D eigenvalue weighted by molar-refractivity contribution is 0.113. The monoisotopic (exact) mass is 267 g/mol. The Bertz CT molecular complexity index is 106. The zero-order chi connectivity index (χ0) is 8.27. The standard InChI is InChI=1S/C9H18IN/c1-8-4-3-5-9(2)11(8)7-6-10/h8-9H,3-7H2,1-2H3/t8-,9+. The van der Waals surface area contributed by atoms with Gasteiger partial charge < -0.3 is 0 Å². The second kappa shape index (κ2) is 4.65. The third-order valence-electron chi connectivity index (χ3n) is 2.72. The molecular weight excluding hydrogens is 249 g/mol. The van der Waals surface area contributed by atoms with Crippen molar-refractivity contribution < 1.29 is 0 Å². The van der Waals surface area contributed by atoms with Crippen molar-refractivity contribution in [3.8, 4) is 0 Å². The van der Waals surface area contributed by atoms with Gasteiger partial charge in [-0.1, -0.05) is 29.0 Å². The smallest absolute Gasteiger partial charge is 0.0124 e. The molecule has 0 aliphatic carbocycles. The van der Waals surface area contributed by atoms with Gasteiger partial charge in [-0.05, 0) is 26.7 Å². The molecule has 1 fully saturated rings. The number of likely N-dealkylation sites (tertiary alicyclic amines) is 1. The van der Waals surface area contributed by atoms with E-state index in [0.717, 1.165) is 12.1 Å². The number of rotatable bonds is 2. The van der Waals surface area contributed by atoms with E-state index in [1.165, 1.54) is 30.2 Å². The molecule has 0 radical (unpaired) electrons. The predicted octanol–water partition coefficient (Wildman–Crippen LogP) is 2.68. The largest absolute Gasteiger partial charge is 0.297 e. The Morgan fingerprint density at radius 2 is 1.82 bits per heavy atom. The number of hydrogen-bond donors (Lipinski definition) is 0. The highest BCUT2D eigenvalue weighted by Crippen LogP contribution is 2.21. The van der Waals surface area contributed by atoms with E-state index >= 15 is 0 Å². The van der Waals surface area contributed by atoms with Crippen molar-refractivity contribution in [2.75, 3.05) is 11.0 Å². The van der Waals surface area contributed by atoms with Crippen LogP contribution in [0.15, 0.2) is 0 Å². The molecule has 0 aromatic carbocycles. The van der Waals surface area contributed by atoms with Crippen molar-refractivity contribution in [1.29, 1.82) is 0 Å². The minimum Gasteiger partial charge on any atom is -0.297 e. The van der Waals surface area contributed by atoms with Gasteiger partial charge in [-0.2, -0.15) is 0 Å². The van der Waals surface area contributed by atoms with Gasteiger partial charge >= 0.3 is 0 Å². The predicted molar refractivity (Wildman–Crippen MR) is 58.4 cm³/mol. The second-order valence-corrected chi connectivity index (χ2v) is 4.63. The first-order valence-electron chi connectivity index (χ1n) is 4.57. The molecule has 1 nitrogen and oxygen atoms in total. The minimum atomic E-state index is 0.827. The average molecular weight is 267 g/mol. The van der Waals surface area contributed by atoms with Crippen LogP contribution in [0.25, 0.3) is 0 Å². The summed E-state index contributed by atoms with van der Waals surface area (Å²) in [6.07, 6.45) is 4.24. The molecule has 0 saturated carbocycles. The summed E-state index contributed by atoms with van der Waals surface area (Å²) in [5.41, 5.74) is 0. The highest BCUT2D eigenvalue weighted by molar-refractivity contribution is 14.1. The van der Waals surface area contributed by atoms with E-state index in [4.69, 9.17) is 0 Å². The van der Waals surface area contributed by atoms with Crippen molar-refractivity contribution in [3.63, 3.8) is 0 Å². The van der Waals surface area contributed by atoms with Crippen LogP contribution in [0.3, 0.4) is 0 Å². The summed E-state index contributed by atoms with van der Waals surface area (Å²) in [4.78, 5) is 2.65. The fraction of sp³-hybridized carbons (Fsp3) is 1.00. The lowest BCUT2D eigenvalue weighted by Gasteiger charge is -2.38. The molecule has 1 saturated heterocycles. The van der Waals surface area contributed by atoms with E-state index in [-0.39, 0.29) is 0 Å². The first-order valence-corrected chi connectivity index (χ1v) is 6.10. The summed E-state index contributed by atoms with van der Waals surface area (Å²) in [6, 6.07) is 1.65. The Hall–Kier alpha value is 0.690. The molecule has 1 aliphatic rings. The molecule has 0 spiro atoms. The number of alkyl halides is 1. The number of halogens is 1. The highest BCUT2D eigenvalue weighted by Gasteiger charge is 2.23. The summed E-state index contributed by atoms with van der Waals surface area (Å²) in [6.45, 7) is 6.01. The molecule has 11 heavy (non-hydrogen) atoms. The molecule has 1 aliphatic heterocycles. The molecule has 0 N–H and O–H groups in total. The zero-order valence-corrected chi connectivity index (χ0v) is 9.67. The van der Waals surface area contributed by atoms with E-state index in [2.05, 4.69) is 41.3 Å². The van der Waals surface area contributed by atoms with E-state index < -0.39 is 0 Å². The van der Waals surface area contributed by atoms with Gasteiger partial charge in [-0.15, -0.1) is 0 Å². The SMILES string of the molecule is C[C@@H]1CCC[C@H](C)N1CCI. The molecule has 0 amide bonds. The molecule has 2 atom stereocenters. The zero-order valence-electron chi connectivity index (χ0n) is 7.52. The van der Waals surface area contributed by atoms with Crippen LogP contribution in [0.2, 0.25) is 0 Å². The Labute approximate surface area is 83.7 Å². The van der Waals surface area contributed by atoms with E-state index in [0.29, 0.717) is 0 Å². The van der Waals surface area contributed by atoms with Crippen LogP contribution in [0, 0.1) is 0 Å². The van der Waals surface area contributed by atoms with Crippen LogP contribution in [-0.4, -0.2) is 28.0 Å². The van der Waals surface area contributed by atoms with Gasteiger partial charge in [0, 0.05) is 23.1 Å². The molecule has 1 rings (SSSR count). The number of hydrogen-bond acceptors (Lipinski definition) is 1. The average Bonchev–Trinajstić information content (AvgIpc) is 1.97. The highest BCUT2D eigenvalue weighted by atomic mass is 127.